The van der Waals surface area contributed by atoms with E-state index in [1.54, 1.807) is 6.92 Å². The summed E-state index contributed by atoms with van der Waals surface area (Å²) in [6.45, 7) is 1.61. The summed E-state index contributed by atoms with van der Waals surface area (Å²) >= 11 is 0. The van der Waals surface area contributed by atoms with Gasteiger partial charge in [0, 0.05) is 0 Å². The lowest BCUT2D eigenvalue weighted by atomic mass is 9.96. The molecule has 3 aromatic rings. The Morgan fingerprint density at radius 3 is 2.00 bits per heavy atom. The first-order valence-corrected chi connectivity index (χ1v) is 7.41. The maximum absolute atomic E-state index is 12.8. The first-order chi connectivity index (χ1) is 11.1. The van der Waals surface area contributed by atoms with Gasteiger partial charge in [-0.2, -0.15) is 0 Å². The van der Waals surface area contributed by atoms with E-state index in [1.165, 1.54) is 7.11 Å². The van der Waals surface area contributed by atoms with Crippen LogP contribution in [0.15, 0.2) is 54.6 Å². The number of amides is 1. The van der Waals surface area contributed by atoms with Gasteiger partial charge in [0.25, 0.3) is 5.91 Å². The lowest BCUT2D eigenvalue weighted by Crippen LogP contribution is -2.39. The molecule has 0 aliphatic carbocycles. The monoisotopic (exact) mass is 307 g/mol. The Hall–Kier alpha value is -2.88. The van der Waals surface area contributed by atoms with Crippen LogP contribution < -0.4 is 5.32 Å². The minimum atomic E-state index is -0.703. The van der Waals surface area contributed by atoms with Gasteiger partial charge >= 0.3 is 5.97 Å². The molecule has 1 atom stereocenters. The van der Waals surface area contributed by atoms with Gasteiger partial charge < -0.3 is 10.1 Å². The Morgan fingerprint density at radius 1 is 0.957 bits per heavy atom. The normalized spacial score (nSPS) is 12.1. The molecule has 3 aromatic carbocycles. The van der Waals surface area contributed by atoms with E-state index in [4.69, 9.17) is 0 Å². The van der Waals surface area contributed by atoms with Crippen LogP contribution in [-0.4, -0.2) is 25.0 Å². The zero-order valence-electron chi connectivity index (χ0n) is 13.0. The van der Waals surface area contributed by atoms with Crippen molar-refractivity contribution in [2.24, 2.45) is 0 Å². The third kappa shape index (κ3) is 2.75. The summed E-state index contributed by atoms with van der Waals surface area (Å²) in [4.78, 5) is 24.4. The standard InChI is InChI=1S/C19H17NO3/c1-12(19(22)23-2)20-18(21)17-15-9-5-3-7-13(15)11-14-8-4-6-10-16(14)17/h3-12H,1-2H3,(H,20,21)/t12-/m1/s1. The van der Waals surface area contributed by atoms with Crippen molar-refractivity contribution in [2.45, 2.75) is 13.0 Å². The van der Waals surface area contributed by atoms with Gasteiger partial charge in [0.2, 0.25) is 0 Å². The van der Waals surface area contributed by atoms with E-state index in [9.17, 15) is 9.59 Å². The van der Waals surface area contributed by atoms with E-state index in [1.807, 2.05) is 48.5 Å². The number of benzene rings is 3. The maximum Gasteiger partial charge on any atom is 0.328 e. The molecule has 0 aliphatic heterocycles. The molecule has 116 valence electrons. The molecule has 0 aromatic heterocycles. The highest BCUT2D eigenvalue weighted by molar-refractivity contribution is 6.18. The van der Waals surface area contributed by atoms with Gasteiger partial charge in [0.1, 0.15) is 6.04 Å². The van der Waals surface area contributed by atoms with Gasteiger partial charge in [-0.3, -0.25) is 4.79 Å². The number of nitrogens with one attached hydrogen (secondary N) is 1. The zero-order chi connectivity index (χ0) is 16.4. The molecule has 0 aliphatic rings. The highest BCUT2D eigenvalue weighted by Gasteiger charge is 2.20. The number of carbonyl (C=O) groups is 2. The number of fused-ring (bicyclic) bond motifs is 2. The molecule has 3 rings (SSSR count). The van der Waals surface area contributed by atoms with Crippen molar-refractivity contribution in [1.82, 2.24) is 5.32 Å². The lowest BCUT2D eigenvalue weighted by Gasteiger charge is -2.15. The average molecular weight is 307 g/mol. The summed E-state index contributed by atoms with van der Waals surface area (Å²) in [6.07, 6.45) is 0. The van der Waals surface area contributed by atoms with Gasteiger partial charge in [-0.15, -0.1) is 0 Å². The number of carbonyl (C=O) groups excluding carboxylic acids is 2. The molecule has 23 heavy (non-hydrogen) atoms. The fourth-order valence-electron chi connectivity index (χ4n) is 2.76. The van der Waals surface area contributed by atoms with Crippen LogP contribution in [0.2, 0.25) is 0 Å². The number of hydrogen-bond acceptors (Lipinski definition) is 3. The Morgan fingerprint density at radius 2 is 1.48 bits per heavy atom. The second-order valence-electron chi connectivity index (χ2n) is 5.41. The average Bonchev–Trinajstić information content (AvgIpc) is 2.58. The molecule has 0 saturated carbocycles. The molecular weight excluding hydrogens is 290 g/mol. The maximum atomic E-state index is 12.8. The van der Waals surface area contributed by atoms with Gasteiger partial charge in [-0.25, -0.2) is 4.79 Å². The minimum Gasteiger partial charge on any atom is -0.467 e. The Kier molecular flexibility index (Phi) is 3.98. The van der Waals surface area contributed by atoms with E-state index in [0.717, 1.165) is 21.5 Å². The van der Waals surface area contributed by atoms with Gasteiger partial charge in [-0.05, 0) is 34.5 Å². The molecule has 0 spiro atoms. The quantitative estimate of drug-likeness (QED) is 0.597. The van der Waals surface area contributed by atoms with Gasteiger partial charge in [-0.1, -0.05) is 48.5 Å². The summed E-state index contributed by atoms with van der Waals surface area (Å²) in [5.74, 6) is -0.751. The highest BCUT2D eigenvalue weighted by Crippen LogP contribution is 2.28. The minimum absolute atomic E-state index is 0.282. The topological polar surface area (TPSA) is 55.4 Å². The second-order valence-corrected chi connectivity index (χ2v) is 5.41. The van der Waals surface area contributed by atoms with Crippen LogP contribution in [0.1, 0.15) is 17.3 Å². The van der Waals surface area contributed by atoms with E-state index in [-0.39, 0.29) is 5.91 Å². The van der Waals surface area contributed by atoms with Crippen molar-refractivity contribution in [2.75, 3.05) is 7.11 Å². The van der Waals surface area contributed by atoms with E-state index in [0.29, 0.717) is 5.56 Å². The van der Waals surface area contributed by atoms with Crippen molar-refractivity contribution in [3.05, 3.63) is 60.2 Å². The van der Waals surface area contributed by atoms with E-state index < -0.39 is 12.0 Å². The summed E-state index contributed by atoms with van der Waals surface area (Å²) < 4.78 is 4.67. The van der Waals surface area contributed by atoms with Crippen molar-refractivity contribution in [3.63, 3.8) is 0 Å². The SMILES string of the molecule is COC(=O)[C@@H](C)NC(=O)c1c2ccccc2cc2ccccc12. The van der Waals surface area contributed by atoms with Crippen LogP contribution in [0.5, 0.6) is 0 Å². The molecule has 4 heteroatoms. The number of hydrogen-bond donors (Lipinski definition) is 1. The number of ether oxygens (including phenoxy) is 1. The van der Waals surface area contributed by atoms with Crippen LogP contribution in [0.3, 0.4) is 0 Å². The molecule has 0 radical (unpaired) electrons. The zero-order valence-corrected chi connectivity index (χ0v) is 13.0. The summed E-state index contributed by atoms with van der Waals surface area (Å²) in [5, 5.41) is 6.42. The van der Waals surface area contributed by atoms with Crippen LogP contribution in [-0.2, 0) is 9.53 Å². The number of esters is 1. The smallest absolute Gasteiger partial charge is 0.328 e. The molecule has 0 fully saturated rings. The molecule has 1 N–H and O–H groups in total. The van der Waals surface area contributed by atoms with Crippen molar-refractivity contribution in [1.29, 1.82) is 0 Å². The van der Waals surface area contributed by atoms with Crippen molar-refractivity contribution in [3.8, 4) is 0 Å². The number of methoxy groups -OCH3 is 1. The van der Waals surface area contributed by atoms with Crippen LogP contribution in [0, 0.1) is 0 Å². The third-order valence-corrected chi connectivity index (χ3v) is 3.90. The van der Waals surface area contributed by atoms with E-state index in [2.05, 4.69) is 16.1 Å². The molecular formula is C19H17NO3. The van der Waals surface area contributed by atoms with Crippen LogP contribution >= 0.6 is 0 Å². The molecule has 4 nitrogen and oxygen atoms in total. The fourth-order valence-corrected chi connectivity index (χ4v) is 2.76. The van der Waals surface area contributed by atoms with Gasteiger partial charge in [0.05, 0.1) is 12.7 Å². The predicted octanol–water partition coefficient (Wildman–Crippen LogP) is 3.28. The molecule has 0 saturated heterocycles. The Bertz CT molecular complexity index is 847. The fraction of sp³-hybridized carbons (Fsp3) is 0.158. The first-order valence-electron chi connectivity index (χ1n) is 7.41. The van der Waals surface area contributed by atoms with Crippen molar-refractivity contribution >= 4 is 33.4 Å². The lowest BCUT2D eigenvalue weighted by molar-refractivity contribution is -0.142. The summed E-state index contributed by atoms with van der Waals surface area (Å²) in [5.41, 5.74) is 0.578. The molecule has 1 amide bonds. The van der Waals surface area contributed by atoms with Crippen LogP contribution in [0.4, 0.5) is 0 Å². The predicted molar refractivity (Wildman–Crippen MR) is 90.4 cm³/mol. The molecule has 0 heterocycles. The second kappa shape index (κ2) is 6.08. The largest absolute Gasteiger partial charge is 0.467 e. The summed E-state index contributed by atoms with van der Waals surface area (Å²) in [7, 11) is 1.30. The number of rotatable bonds is 3. The van der Waals surface area contributed by atoms with Crippen molar-refractivity contribution < 1.29 is 14.3 Å². The van der Waals surface area contributed by atoms with Gasteiger partial charge in [0.15, 0.2) is 0 Å². The Balaban J connectivity index is 2.17. The Labute approximate surface area is 134 Å². The summed E-state index contributed by atoms with van der Waals surface area (Å²) in [6, 6.07) is 16.8. The molecule has 0 unspecified atom stereocenters. The van der Waals surface area contributed by atoms with Crippen LogP contribution in [0.25, 0.3) is 21.5 Å². The third-order valence-electron chi connectivity index (χ3n) is 3.90. The molecule has 0 bridgehead atoms. The van der Waals surface area contributed by atoms with E-state index >= 15 is 0 Å². The highest BCUT2D eigenvalue weighted by atomic mass is 16.5. The first kappa shape index (κ1) is 15.0.